The maximum Gasteiger partial charge on any atom is 0.434 e. The molecule has 1 amide bonds. The van der Waals surface area contributed by atoms with E-state index >= 15 is 0 Å². The zero-order valence-electron chi connectivity index (χ0n) is 17.1. The zero-order chi connectivity index (χ0) is 23.0. The van der Waals surface area contributed by atoms with Gasteiger partial charge in [0.15, 0.2) is 17.2 Å². The number of halogens is 3. The molecule has 1 saturated heterocycles. The number of H-pyrrole nitrogens is 1. The molecule has 0 bridgehead atoms. The zero-order valence-corrected chi connectivity index (χ0v) is 17.1. The molecule has 1 aliphatic rings. The van der Waals surface area contributed by atoms with E-state index < -0.39 is 11.9 Å². The second kappa shape index (κ2) is 8.15. The van der Waals surface area contributed by atoms with E-state index in [9.17, 15) is 18.0 Å². The van der Waals surface area contributed by atoms with E-state index in [-0.39, 0.29) is 23.3 Å². The first-order chi connectivity index (χ1) is 15.9. The molecule has 4 aromatic heterocycles. The Morgan fingerprint density at radius 1 is 1.18 bits per heavy atom. The molecule has 2 N–H and O–H groups in total. The molecule has 5 heterocycles. The SMILES string of the molecule is O=C(Nc1cn[nH]c1)[C@H]1CCCN(c2ccnc(-c3cnc4cnc(C(F)(F)F)cn34)n2)C1. The van der Waals surface area contributed by atoms with Crippen molar-refractivity contribution in [2.75, 3.05) is 23.3 Å². The van der Waals surface area contributed by atoms with Gasteiger partial charge in [-0.1, -0.05) is 0 Å². The maximum atomic E-state index is 13.1. The molecule has 0 unspecified atom stereocenters. The van der Waals surface area contributed by atoms with Crippen LogP contribution in [0.15, 0.2) is 43.2 Å². The van der Waals surface area contributed by atoms with Gasteiger partial charge in [0.2, 0.25) is 5.91 Å². The fraction of sp³-hybridized carbons (Fsp3) is 0.300. The van der Waals surface area contributed by atoms with Gasteiger partial charge in [-0.15, -0.1) is 0 Å². The highest BCUT2D eigenvalue weighted by Gasteiger charge is 2.33. The predicted octanol–water partition coefficient (Wildman–Crippen LogP) is 2.78. The van der Waals surface area contributed by atoms with Crippen molar-refractivity contribution in [2.24, 2.45) is 5.92 Å². The minimum Gasteiger partial charge on any atom is -0.356 e. The summed E-state index contributed by atoms with van der Waals surface area (Å²) in [5, 5.41) is 9.30. The molecule has 1 atom stereocenters. The van der Waals surface area contributed by atoms with Gasteiger partial charge in [-0.3, -0.25) is 14.3 Å². The lowest BCUT2D eigenvalue weighted by molar-refractivity contribution is -0.141. The van der Waals surface area contributed by atoms with Crippen molar-refractivity contribution in [3.8, 4) is 11.5 Å². The van der Waals surface area contributed by atoms with Crippen molar-refractivity contribution in [2.45, 2.75) is 19.0 Å². The number of aromatic nitrogens is 7. The Labute approximate surface area is 184 Å². The summed E-state index contributed by atoms with van der Waals surface area (Å²) in [5.41, 5.74) is 0.127. The fourth-order valence-electron chi connectivity index (χ4n) is 3.81. The van der Waals surface area contributed by atoms with Gasteiger partial charge in [-0.25, -0.2) is 19.9 Å². The van der Waals surface area contributed by atoms with E-state index in [4.69, 9.17) is 0 Å². The van der Waals surface area contributed by atoms with Crippen molar-refractivity contribution in [3.05, 3.63) is 48.9 Å². The fourth-order valence-corrected chi connectivity index (χ4v) is 3.81. The molecule has 1 aliphatic heterocycles. The molecule has 0 radical (unpaired) electrons. The number of nitrogens with one attached hydrogen (secondary N) is 2. The Morgan fingerprint density at radius 3 is 2.85 bits per heavy atom. The molecule has 5 rings (SSSR count). The number of anilines is 2. The van der Waals surface area contributed by atoms with Crippen LogP contribution in [0.5, 0.6) is 0 Å². The molecule has 0 spiro atoms. The van der Waals surface area contributed by atoms with Crippen LogP contribution in [-0.4, -0.2) is 53.5 Å². The van der Waals surface area contributed by atoms with Crippen molar-refractivity contribution in [3.63, 3.8) is 0 Å². The number of carbonyl (C=O) groups excluding carboxylic acids is 1. The van der Waals surface area contributed by atoms with Gasteiger partial charge in [0, 0.05) is 31.7 Å². The van der Waals surface area contributed by atoms with E-state index in [1.54, 1.807) is 12.3 Å². The number of imidazole rings is 1. The molecule has 1 fully saturated rings. The Bertz CT molecular complexity index is 1290. The van der Waals surface area contributed by atoms with Gasteiger partial charge < -0.3 is 10.2 Å². The molecule has 170 valence electrons. The van der Waals surface area contributed by atoms with E-state index in [2.05, 4.69) is 35.5 Å². The molecule has 33 heavy (non-hydrogen) atoms. The molecule has 0 saturated carbocycles. The summed E-state index contributed by atoms with van der Waals surface area (Å²) in [6.07, 6.45) is 4.96. The first kappa shape index (κ1) is 20.8. The minimum atomic E-state index is -4.59. The van der Waals surface area contributed by atoms with Gasteiger partial charge in [0.25, 0.3) is 0 Å². The molecule has 0 aromatic carbocycles. The highest BCUT2D eigenvalue weighted by atomic mass is 19.4. The van der Waals surface area contributed by atoms with Crippen LogP contribution in [0.3, 0.4) is 0 Å². The second-order valence-electron chi connectivity index (χ2n) is 7.64. The van der Waals surface area contributed by atoms with Crippen LogP contribution >= 0.6 is 0 Å². The molecular formula is C20H18F3N9O. The summed E-state index contributed by atoms with van der Waals surface area (Å²) in [6, 6.07) is 1.71. The highest BCUT2D eigenvalue weighted by Crippen LogP contribution is 2.29. The van der Waals surface area contributed by atoms with E-state index in [0.717, 1.165) is 25.2 Å². The molecule has 10 nitrogen and oxygen atoms in total. The standard InChI is InChI=1S/C20H18F3N9O/c21-20(22,23)15-11-32-14(8-26-17(32)9-25-15)18-24-4-3-16(30-18)31-5-1-2-12(10-31)19(33)29-13-6-27-28-7-13/h3-4,6-9,11-12H,1-2,5,10H2,(H,27,28)(H,29,33)/t12-/m0/s1. The van der Waals surface area contributed by atoms with Crippen molar-refractivity contribution in [1.82, 2.24) is 34.5 Å². The number of amides is 1. The minimum absolute atomic E-state index is 0.107. The first-order valence-electron chi connectivity index (χ1n) is 10.2. The molecular weight excluding hydrogens is 439 g/mol. The summed E-state index contributed by atoms with van der Waals surface area (Å²) < 4.78 is 40.6. The Hall–Kier alpha value is -4.03. The predicted molar refractivity (Wildman–Crippen MR) is 111 cm³/mol. The van der Waals surface area contributed by atoms with Gasteiger partial charge >= 0.3 is 6.18 Å². The molecule has 4 aromatic rings. The third-order valence-corrected chi connectivity index (χ3v) is 5.44. The average Bonchev–Trinajstić information content (AvgIpc) is 3.48. The lowest BCUT2D eigenvalue weighted by Gasteiger charge is -2.32. The van der Waals surface area contributed by atoms with Gasteiger partial charge in [-0.05, 0) is 18.9 Å². The number of alkyl halides is 3. The van der Waals surface area contributed by atoms with Crippen LogP contribution < -0.4 is 10.2 Å². The second-order valence-corrected chi connectivity index (χ2v) is 7.64. The largest absolute Gasteiger partial charge is 0.434 e. The summed E-state index contributed by atoms with van der Waals surface area (Å²) in [7, 11) is 0. The normalized spacial score (nSPS) is 16.8. The lowest BCUT2D eigenvalue weighted by Crippen LogP contribution is -2.41. The number of rotatable bonds is 4. The van der Waals surface area contributed by atoms with Crippen molar-refractivity contribution < 1.29 is 18.0 Å². The quantitative estimate of drug-likeness (QED) is 0.484. The van der Waals surface area contributed by atoms with Crippen LogP contribution in [-0.2, 0) is 11.0 Å². The lowest BCUT2D eigenvalue weighted by atomic mass is 9.97. The number of piperidine rings is 1. The van der Waals surface area contributed by atoms with Crippen LogP contribution in [0.25, 0.3) is 17.2 Å². The Morgan fingerprint density at radius 2 is 2.06 bits per heavy atom. The highest BCUT2D eigenvalue weighted by molar-refractivity contribution is 5.92. The number of hydrogen-bond acceptors (Lipinski definition) is 7. The third kappa shape index (κ3) is 4.21. The van der Waals surface area contributed by atoms with Crippen LogP contribution in [0.4, 0.5) is 24.7 Å². The summed E-state index contributed by atoms with van der Waals surface area (Å²) in [6.45, 7) is 1.15. The molecule has 13 heteroatoms. The summed E-state index contributed by atoms with van der Waals surface area (Å²) in [4.78, 5) is 30.9. The monoisotopic (exact) mass is 457 g/mol. The van der Waals surface area contributed by atoms with E-state index in [0.29, 0.717) is 30.3 Å². The number of nitrogens with zero attached hydrogens (tertiary/aromatic N) is 7. The number of aromatic amines is 1. The van der Waals surface area contributed by atoms with Gasteiger partial charge in [0.05, 0.1) is 30.2 Å². The van der Waals surface area contributed by atoms with E-state index in [1.165, 1.54) is 23.0 Å². The average molecular weight is 457 g/mol. The van der Waals surface area contributed by atoms with Crippen LogP contribution in [0, 0.1) is 5.92 Å². The topological polar surface area (TPSA) is 117 Å². The number of carbonyl (C=O) groups is 1. The van der Waals surface area contributed by atoms with Gasteiger partial charge in [-0.2, -0.15) is 18.3 Å². The number of fused-ring (bicyclic) bond motifs is 1. The first-order valence-corrected chi connectivity index (χ1v) is 10.2. The molecule has 0 aliphatic carbocycles. The summed E-state index contributed by atoms with van der Waals surface area (Å²) in [5.74, 6) is 0.456. The van der Waals surface area contributed by atoms with Crippen LogP contribution in [0.2, 0.25) is 0 Å². The summed E-state index contributed by atoms with van der Waals surface area (Å²) >= 11 is 0. The maximum absolute atomic E-state index is 13.1. The van der Waals surface area contributed by atoms with Crippen molar-refractivity contribution in [1.29, 1.82) is 0 Å². The Balaban J connectivity index is 1.40. The third-order valence-electron chi connectivity index (χ3n) is 5.44. The Kier molecular flexibility index (Phi) is 5.15. The van der Waals surface area contributed by atoms with Crippen LogP contribution in [0.1, 0.15) is 18.5 Å². The van der Waals surface area contributed by atoms with Crippen molar-refractivity contribution >= 4 is 23.1 Å². The van der Waals surface area contributed by atoms with Gasteiger partial charge in [0.1, 0.15) is 11.5 Å². The number of hydrogen-bond donors (Lipinski definition) is 2. The van der Waals surface area contributed by atoms with E-state index in [1.807, 2.05) is 4.90 Å². The smallest absolute Gasteiger partial charge is 0.356 e.